The van der Waals surface area contributed by atoms with Crippen LogP contribution in [-0.4, -0.2) is 47.3 Å². The molecule has 34 heavy (non-hydrogen) atoms. The van der Waals surface area contributed by atoms with Crippen LogP contribution in [0.3, 0.4) is 0 Å². The molecule has 184 valence electrons. The van der Waals surface area contributed by atoms with Gasteiger partial charge >= 0.3 is 5.97 Å². The molecule has 0 aliphatic carbocycles. The molecule has 2 aromatic rings. The van der Waals surface area contributed by atoms with Crippen LogP contribution in [0.25, 0.3) is 10.8 Å². The highest BCUT2D eigenvalue weighted by Gasteiger charge is 2.43. The van der Waals surface area contributed by atoms with E-state index in [0.717, 1.165) is 15.2 Å². The zero-order valence-corrected chi connectivity index (χ0v) is 22.7. The van der Waals surface area contributed by atoms with Crippen LogP contribution in [0.1, 0.15) is 45.6 Å². The summed E-state index contributed by atoms with van der Waals surface area (Å²) in [6, 6.07) is 12.2. The Labute approximate surface area is 215 Å². The van der Waals surface area contributed by atoms with Crippen molar-refractivity contribution in [3.8, 4) is 0 Å². The van der Waals surface area contributed by atoms with Crippen molar-refractivity contribution in [1.29, 1.82) is 0 Å². The summed E-state index contributed by atoms with van der Waals surface area (Å²) < 4.78 is 34.3. The molecular formula is C25H31IN2O5S. The maximum absolute atomic E-state index is 13.3. The third kappa shape index (κ3) is 6.71. The average Bonchev–Trinajstić information content (AvgIpc) is 3.15. The molecule has 1 N–H and O–H groups in total. The Morgan fingerprint density at radius 2 is 1.82 bits per heavy atom. The van der Waals surface area contributed by atoms with Crippen molar-refractivity contribution in [2.75, 3.05) is 4.43 Å². The minimum Gasteiger partial charge on any atom is -0.458 e. The summed E-state index contributed by atoms with van der Waals surface area (Å²) in [5, 5.41) is 1.95. The lowest BCUT2D eigenvalue weighted by atomic mass is 10.1. The predicted octanol–water partition coefficient (Wildman–Crippen LogP) is 4.30. The number of halogens is 1. The van der Waals surface area contributed by atoms with Crippen LogP contribution < -0.4 is 4.72 Å². The Balaban J connectivity index is 1.75. The lowest BCUT2D eigenvalue weighted by Gasteiger charge is -2.31. The molecule has 0 saturated carbocycles. The van der Waals surface area contributed by atoms with Crippen molar-refractivity contribution in [2.45, 2.75) is 63.5 Å². The number of ether oxygens (including phenoxy) is 1. The second kappa shape index (κ2) is 10.6. The minimum atomic E-state index is -3.89. The second-order valence-electron chi connectivity index (χ2n) is 9.49. The minimum absolute atomic E-state index is 0.177. The Morgan fingerprint density at radius 1 is 1.15 bits per heavy atom. The van der Waals surface area contributed by atoms with Gasteiger partial charge < -0.3 is 9.64 Å². The highest BCUT2D eigenvalue weighted by Crippen LogP contribution is 2.30. The number of carbonyl (C=O) groups is 2. The molecule has 0 spiro atoms. The smallest absolute Gasteiger partial charge is 0.329 e. The summed E-state index contributed by atoms with van der Waals surface area (Å²) in [6.45, 7) is 9.02. The van der Waals surface area contributed by atoms with Crippen molar-refractivity contribution in [1.82, 2.24) is 9.62 Å². The number of hydrogen-bond donors (Lipinski definition) is 1. The number of nitrogens with zero attached hydrogens (tertiary/aromatic N) is 1. The molecule has 2 atom stereocenters. The quantitative estimate of drug-likeness (QED) is 0.212. The van der Waals surface area contributed by atoms with E-state index < -0.39 is 33.5 Å². The van der Waals surface area contributed by atoms with E-state index in [1.807, 2.05) is 36.4 Å². The number of nitrogens with one attached hydrogen (secondary N) is 1. The fraction of sp³-hybridized carbons (Fsp3) is 0.440. The predicted molar refractivity (Wildman–Crippen MR) is 142 cm³/mol. The van der Waals surface area contributed by atoms with Crippen molar-refractivity contribution in [3.63, 3.8) is 0 Å². The van der Waals surface area contributed by atoms with Crippen LogP contribution in [0.2, 0.25) is 0 Å². The number of fused-ring (bicyclic) bond motifs is 1. The van der Waals surface area contributed by atoms with Gasteiger partial charge in [-0.3, -0.25) is 9.52 Å². The van der Waals surface area contributed by atoms with Gasteiger partial charge in [0, 0.05) is 10.5 Å². The van der Waals surface area contributed by atoms with Gasteiger partial charge in [-0.2, -0.15) is 0 Å². The Kier molecular flexibility index (Phi) is 8.28. The molecule has 1 aliphatic heterocycles. The third-order valence-electron chi connectivity index (χ3n) is 5.57. The highest BCUT2D eigenvalue weighted by molar-refractivity contribution is 14.1. The molecule has 9 heteroatoms. The molecular weight excluding hydrogens is 567 g/mol. The van der Waals surface area contributed by atoms with E-state index in [1.54, 1.807) is 26.8 Å². The molecule has 1 saturated heterocycles. The van der Waals surface area contributed by atoms with Gasteiger partial charge in [0.15, 0.2) is 0 Å². The molecule has 1 fully saturated rings. The van der Waals surface area contributed by atoms with Gasteiger partial charge in [0.2, 0.25) is 10.0 Å². The number of rotatable bonds is 8. The van der Waals surface area contributed by atoms with Crippen LogP contribution in [0, 0.1) is 0 Å². The number of benzene rings is 2. The summed E-state index contributed by atoms with van der Waals surface area (Å²) in [6.07, 6.45) is 1.82. The standard InChI is InChI=1S/C25H31IN2O5S/c1-17(27-34(31,32)16-18-9-10-19-7-5-6-8-20(19)15-18)23(29)28-21(13-14-26)11-12-22(28)24(30)33-25(2,3)4/h5-10,15,21-22,27H,1,11-14,16H2,2-4H3/t21-,22+/m1/s1. The number of amides is 1. The lowest BCUT2D eigenvalue weighted by Crippen LogP contribution is -2.49. The van der Waals surface area contributed by atoms with Gasteiger partial charge in [0.1, 0.15) is 17.3 Å². The number of alkyl halides is 1. The van der Waals surface area contributed by atoms with Gasteiger partial charge in [-0.15, -0.1) is 0 Å². The van der Waals surface area contributed by atoms with E-state index in [1.165, 1.54) is 4.90 Å². The summed E-state index contributed by atoms with van der Waals surface area (Å²) in [7, 11) is -3.89. The molecule has 7 nitrogen and oxygen atoms in total. The molecule has 3 rings (SSSR count). The summed E-state index contributed by atoms with van der Waals surface area (Å²) in [5.41, 5.74) is -0.359. The van der Waals surface area contributed by atoms with E-state index in [0.29, 0.717) is 24.8 Å². The van der Waals surface area contributed by atoms with Crippen molar-refractivity contribution in [2.24, 2.45) is 0 Å². The third-order valence-corrected chi connectivity index (χ3v) is 7.46. The first-order valence-corrected chi connectivity index (χ1v) is 14.4. The molecule has 2 aromatic carbocycles. The Hall–Kier alpha value is -2.14. The number of sulfonamides is 1. The van der Waals surface area contributed by atoms with E-state index in [2.05, 4.69) is 33.9 Å². The van der Waals surface area contributed by atoms with Crippen LogP contribution in [-0.2, 0) is 30.1 Å². The number of esters is 1. The van der Waals surface area contributed by atoms with Gasteiger partial charge in [-0.1, -0.05) is 71.6 Å². The highest BCUT2D eigenvalue weighted by atomic mass is 127. The monoisotopic (exact) mass is 598 g/mol. The van der Waals surface area contributed by atoms with Crippen LogP contribution >= 0.6 is 22.6 Å². The zero-order valence-electron chi connectivity index (χ0n) is 19.7. The van der Waals surface area contributed by atoms with E-state index in [4.69, 9.17) is 4.74 Å². The second-order valence-corrected chi connectivity index (χ2v) is 12.3. The van der Waals surface area contributed by atoms with E-state index >= 15 is 0 Å². The summed E-state index contributed by atoms with van der Waals surface area (Å²) >= 11 is 2.23. The van der Waals surface area contributed by atoms with Gasteiger partial charge in [0.05, 0.1) is 5.75 Å². The number of carbonyl (C=O) groups excluding carboxylic acids is 2. The SMILES string of the molecule is C=C(NS(=O)(=O)Cc1ccc2ccccc2c1)C(=O)N1[C@@H](CCI)CC[C@H]1C(=O)OC(C)(C)C. The first kappa shape index (κ1) is 26.5. The Bertz CT molecular complexity index is 1190. The van der Waals surface area contributed by atoms with Crippen LogP contribution in [0.15, 0.2) is 54.7 Å². The fourth-order valence-corrected chi connectivity index (χ4v) is 6.04. The normalized spacial score (nSPS) is 18.6. The summed E-state index contributed by atoms with van der Waals surface area (Å²) in [5.74, 6) is -1.37. The van der Waals surface area contributed by atoms with E-state index in [-0.39, 0.29) is 17.5 Å². The lowest BCUT2D eigenvalue weighted by molar-refractivity contribution is -0.163. The largest absolute Gasteiger partial charge is 0.458 e. The fourth-order valence-electron chi connectivity index (χ4n) is 4.17. The van der Waals surface area contributed by atoms with Crippen molar-refractivity contribution < 1.29 is 22.7 Å². The van der Waals surface area contributed by atoms with Crippen molar-refractivity contribution >= 4 is 55.3 Å². The van der Waals surface area contributed by atoms with Gasteiger partial charge in [-0.05, 0) is 56.4 Å². The van der Waals surface area contributed by atoms with Gasteiger partial charge in [0.25, 0.3) is 5.91 Å². The topological polar surface area (TPSA) is 92.8 Å². The number of likely N-dealkylation sites (tertiary alicyclic amines) is 1. The first-order valence-electron chi connectivity index (χ1n) is 11.2. The molecule has 1 heterocycles. The Morgan fingerprint density at radius 3 is 2.47 bits per heavy atom. The van der Waals surface area contributed by atoms with E-state index in [9.17, 15) is 18.0 Å². The molecule has 0 unspecified atom stereocenters. The molecule has 0 aromatic heterocycles. The zero-order chi connectivity index (χ0) is 25.1. The number of hydrogen-bond acceptors (Lipinski definition) is 5. The molecule has 0 radical (unpaired) electrons. The molecule has 0 bridgehead atoms. The maximum Gasteiger partial charge on any atom is 0.329 e. The van der Waals surface area contributed by atoms with Crippen LogP contribution in [0.4, 0.5) is 0 Å². The average molecular weight is 599 g/mol. The van der Waals surface area contributed by atoms with Crippen LogP contribution in [0.5, 0.6) is 0 Å². The summed E-state index contributed by atoms with van der Waals surface area (Å²) in [4.78, 5) is 27.6. The first-order chi connectivity index (χ1) is 15.9. The van der Waals surface area contributed by atoms with Gasteiger partial charge in [-0.25, -0.2) is 13.2 Å². The molecule has 1 aliphatic rings. The maximum atomic E-state index is 13.3. The molecule has 1 amide bonds. The van der Waals surface area contributed by atoms with Crippen molar-refractivity contribution in [3.05, 3.63) is 60.3 Å².